The number of hydrogen-bond acceptors (Lipinski definition) is 4. The maximum absolute atomic E-state index is 12.3. The van der Waals surface area contributed by atoms with E-state index >= 15 is 0 Å². The summed E-state index contributed by atoms with van der Waals surface area (Å²) in [5, 5.41) is 11.7. The quantitative estimate of drug-likeness (QED) is 0.761. The maximum Gasteiger partial charge on any atom is 0.261 e. The molecule has 4 nitrogen and oxygen atoms in total. The molecule has 0 aliphatic carbocycles. The van der Waals surface area contributed by atoms with Crippen LogP contribution >= 0.6 is 22.7 Å². The molecular weight excluding hydrogens is 326 g/mol. The van der Waals surface area contributed by atoms with Gasteiger partial charge in [-0.2, -0.15) is 5.10 Å². The van der Waals surface area contributed by atoms with E-state index in [0.717, 1.165) is 21.8 Å². The Kier molecular flexibility index (Phi) is 4.63. The Morgan fingerprint density at radius 2 is 2.13 bits per heavy atom. The molecule has 1 unspecified atom stereocenters. The van der Waals surface area contributed by atoms with E-state index in [1.165, 1.54) is 16.2 Å². The monoisotopic (exact) mass is 345 g/mol. The number of nitrogens with zero attached hydrogens (tertiary/aromatic N) is 2. The number of aryl methyl sites for hydroxylation is 3. The molecule has 3 aromatic heterocycles. The largest absolute Gasteiger partial charge is 0.349 e. The highest BCUT2D eigenvalue weighted by Crippen LogP contribution is 2.24. The highest BCUT2D eigenvalue weighted by atomic mass is 32.1. The number of amides is 1. The van der Waals surface area contributed by atoms with Crippen LogP contribution in [0.15, 0.2) is 35.0 Å². The predicted molar refractivity (Wildman–Crippen MR) is 95.5 cm³/mol. The van der Waals surface area contributed by atoms with E-state index in [1.54, 1.807) is 11.3 Å². The molecular formula is C17H19N3OS2. The van der Waals surface area contributed by atoms with Crippen LogP contribution in [-0.2, 0) is 0 Å². The van der Waals surface area contributed by atoms with Crippen LogP contribution in [0.5, 0.6) is 0 Å². The molecule has 1 amide bonds. The van der Waals surface area contributed by atoms with E-state index in [4.69, 9.17) is 0 Å². The molecule has 23 heavy (non-hydrogen) atoms. The number of aromatic nitrogens is 2. The molecule has 6 heteroatoms. The number of nitrogens with one attached hydrogen (secondary N) is 1. The van der Waals surface area contributed by atoms with Gasteiger partial charge in [0, 0.05) is 17.1 Å². The molecule has 0 aromatic carbocycles. The standard InChI is InChI=1S/C17H19N3OS2/c1-11-7-16(23-10-11)17(21)18-9-14(15-5-4-6-22-15)20-13(3)8-12(2)19-20/h4-8,10,14H,9H2,1-3H3,(H,18,21). The first-order valence-corrected chi connectivity index (χ1v) is 9.20. The Labute approximate surface area is 143 Å². The van der Waals surface area contributed by atoms with E-state index in [0.29, 0.717) is 6.54 Å². The van der Waals surface area contributed by atoms with Gasteiger partial charge in [-0.1, -0.05) is 6.07 Å². The summed E-state index contributed by atoms with van der Waals surface area (Å²) in [6.45, 7) is 6.56. The molecule has 0 spiro atoms. The first-order chi connectivity index (χ1) is 11.0. The first-order valence-electron chi connectivity index (χ1n) is 7.44. The Morgan fingerprint density at radius 3 is 2.70 bits per heavy atom. The topological polar surface area (TPSA) is 46.9 Å². The second-order valence-corrected chi connectivity index (χ2v) is 7.49. The summed E-state index contributed by atoms with van der Waals surface area (Å²) < 4.78 is 2.00. The summed E-state index contributed by atoms with van der Waals surface area (Å²) in [5.74, 6) is -0.0220. The molecule has 3 rings (SSSR count). The van der Waals surface area contributed by atoms with Crippen LogP contribution in [0.3, 0.4) is 0 Å². The van der Waals surface area contributed by atoms with Crippen molar-refractivity contribution in [1.82, 2.24) is 15.1 Å². The zero-order chi connectivity index (χ0) is 16.4. The van der Waals surface area contributed by atoms with Gasteiger partial charge < -0.3 is 5.32 Å². The minimum atomic E-state index is -0.0220. The van der Waals surface area contributed by atoms with Gasteiger partial charge in [-0.05, 0) is 55.3 Å². The van der Waals surface area contributed by atoms with E-state index in [-0.39, 0.29) is 11.9 Å². The van der Waals surface area contributed by atoms with Gasteiger partial charge in [-0.25, -0.2) is 0 Å². The van der Waals surface area contributed by atoms with Gasteiger partial charge in [0.15, 0.2) is 0 Å². The number of hydrogen-bond donors (Lipinski definition) is 1. The van der Waals surface area contributed by atoms with Gasteiger partial charge in [0.1, 0.15) is 6.04 Å². The molecule has 0 radical (unpaired) electrons. The lowest BCUT2D eigenvalue weighted by atomic mass is 10.2. The molecule has 1 N–H and O–H groups in total. The molecule has 1 atom stereocenters. The third-order valence-corrected chi connectivity index (χ3v) is 5.64. The molecule has 120 valence electrons. The molecule has 3 heterocycles. The minimum absolute atomic E-state index is 0.0220. The average Bonchev–Trinajstić information content (AvgIpc) is 3.22. The number of thiophene rings is 2. The fraction of sp³-hybridized carbons (Fsp3) is 0.294. The normalized spacial score (nSPS) is 12.3. The van der Waals surface area contributed by atoms with Crippen molar-refractivity contribution in [3.05, 3.63) is 61.7 Å². The number of carbonyl (C=O) groups is 1. The lowest BCUT2D eigenvalue weighted by Crippen LogP contribution is -2.31. The molecule has 0 aliphatic heterocycles. The van der Waals surface area contributed by atoms with Crippen molar-refractivity contribution in [2.24, 2.45) is 0 Å². The molecule has 0 aliphatic rings. The lowest BCUT2D eigenvalue weighted by Gasteiger charge is -2.18. The van der Waals surface area contributed by atoms with E-state index in [2.05, 4.69) is 27.9 Å². The van der Waals surface area contributed by atoms with Gasteiger partial charge >= 0.3 is 0 Å². The Bertz CT molecular complexity index is 802. The predicted octanol–water partition coefficient (Wildman–Crippen LogP) is 3.95. The first kappa shape index (κ1) is 16.0. The fourth-order valence-corrected chi connectivity index (χ4v) is 4.20. The fourth-order valence-electron chi connectivity index (χ4n) is 2.58. The molecule has 0 fully saturated rings. The van der Waals surface area contributed by atoms with E-state index < -0.39 is 0 Å². The summed E-state index contributed by atoms with van der Waals surface area (Å²) in [6, 6.07) is 8.12. The van der Waals surface area contributed by atoms with E-state index in [1.807, 2.05) is 43.0 Å². The van der Waals surface area contributed by atoms with Crippen molar-refractivity contribution in [3.63, 3.8) is 0 Å². The molecule has 0 bridgehead atoms. The summed E-state index contributed by atoms with van der Waals surface area (Å²) in [6.07, 6.45) is 0. The Morgan fingerprint density at radius 1 is 1.30 bits per heavy atom. The van der Waals surface area contributed by atoms with Crippen molar-refractivity contribution in [1.29, 1.82) is 0 Å². The smallest absolute Gasteiger partial charge is 0.261 e. The Hall–Kier alpha value is -1.92. The number of carbonyl (C=O) groups excluding carboxylic acids is 1. The van der Waals surface area contributed by atoms with Gasteiger partial charge in [0.05, 0.1) is 10.6 Å². The molecule has 0 saturated carbocycles. The Balaban J connectivity index is 1.80. The van der Waals surface area contributed by atoms with Crippen molar-refractivity contribution in [2.45, 2.75) is 26.8 Å². The number of rotatable bonds is 5. The maximum atomic E-state index is 12.3. The third-order valence-electron chi connectivity index (χ3n) is 3.62. The van der Waals surface area contributed by atoms with Crippen molar-refractivity contribution in [2.75, 3.05) is 6.54 Å². The summed E-state index contributed by atoms with van der Waals surface area (Å²) in [7, 11) is 0. The lowest BCUT2D eigenvalue weighted by molar-refractivity contribution is 0.0953. The van der Waals surface area contributed by atoms with Crippen LogP contribution in [-0.4, -0.2) is 22.2 Å². The zero-order valence-electron chi connectivity index (χ0n) is 13.4. The highest BCUT2D eigenvalue weighted by molar-refractivity contribution is 7.12. The van der Waals surface area contributed by atoms with Gasteiger partial charge in [-0.15, -0.1) is 22.7 Å². The average molecular weight is 345 g/mol. The van der Waals surface area contributed by atoms with Crippen LogP contribution in [0.4, 0.5) is 0 Å². The second kappa shape index (κ2) is 6.68. The van der Waals surface area contributed by atoms with Crippen LogP contribution in [0.1, 0.15) is 37.5 Å². The second-order valence-electron chi connectivity index (χ2n) is 5.60. The van der Waals surface area contributed by atoms with Crippen molar-refractivity contribution in [3.8, 4) is 0 Å². The summed E-state index contributed by atoms with van der Waals surface area (Å²) >= 11 is 3.16. The summed E-state index contributed by atoms with van der Waals surface area (Å²) in [4.78, 5) is 14.3. The van der Waals surface area contributed by atoms with Gasteiger partial charge in [-0.3, -0.25) is 9.48 Å². The van der Waals surface area contributed by atoms with Crippen LogP contribution in [0.25, 0.3) is 0 Å². The summed E-state index contributed by atoms with van der Waals surface area (Å²) in [5.41, 5.74) is 3.21. The van der Waals surface area contributed by atoms with Gasteiger partial charge in [0.2, 0.25) is 0 Å². The van der Waals surface area contributed by atoms with Crippen LogP contribution in [0.2, 0.25) is 0 Å². The molecule has 0 saturated heterocycles. The van der Waals surface area contributed by atoms with Gasteiger partial charge in [0.25, 0.3) is 5.91 Å². The van der Waals surface area contributed by atoms with E-state index in [9.17, 15) is 4.79 Å². The zero-order valence-corrected chi connectivity index (χ0v) is 15.0. The van der Waals surface area contributed by atoms with Crippen molar-refractivity contribution >= 4 is 28.6 Å². The minimum Gasteiger partial charge on any atom is -0.349 e. The molecule has 3 aromatic rings. The highest BCUT2D eigenvalue weighted by Gasteiger charge is 2.19. The third kappa shape index (κ3) is 3.54. The van der Waals surface area contributed by atoms with Crippen LogP contribution in [0, 0.1) is 20.8 Å². The van der Waals surface area contributed by atoms with Crippen LogP contribution < -0.4 is 5.32 Å². The van der Waals surface area contributed by atoms with Crippen molar-refractivity contribution < 1.29 is 4.79 Å². The SMILES string of the molecule is Cc1csc(C(=O)NCC(c2cccs2)n2nc(C)cc2C)c1.